The monoisotopic (exact) mass is 266 g/mol. The Morgan fingerprint density at radius 1 is 1.16 bits per heavy atom. The Kier molecular flexibility index (Phi) is 5.68. The maximum atomic E-state index is 12.6. The third-order valence-electron chi connectivity index (χ3n) is 4.99. The quantitative estimate of drug-likeness (QED) is 0.802. The Balaban J connectivity index is 1.77. The normalized spacial score (nSPS) is 27.9. The minimum absolute atomic E-state index is 0.318. The van der Waals surface area contributed by atoms with Crippen molar-refractivity contribution in [1.82, 2.24) is 10.2 Å². The van der Waals surface area contributed by atoms with Crippen LogP contribution in [0.3, 0.4) is 0 Å². The zero-order valence-electron chi connectivity index (χ0n) is 12.7. The third-order valence-corrected chi connectivity index (χ3v) is 4.99. The van der Waals surface area contributed by atoms with Crippen molar-refractivity contribution in [1.29, 1.82) is 0 Å². The van der Waals surface area contributed by atoms with Crippen LogP contribution in [0.15, 0.2) is 0 Å². The molecule has 0 radical (unpaired) electrons. The molecule has 2 rings (SSSR count). The van der Waals surface area contributed by atoms with Crippen LogP contribution in [0.25, 0.3) is 0 Å². The Hall–Kier alpha value is -0.570. The van der Waals surface area contributed by atoms with Gasteiger partial charge >= 0.3 is 0 Å². The fourth-order valence-corrected chi connectivity index (χ4v) is 3.51. The number of amides is 1. The van der Waals surface area contributed by atoms with E-state index in [9.17, 15) is 4.79 Å². The minimum atomic E-state index is 0.318. The molecular weight excluding hydrogens is 236 g/mol. The second kappa shape index (κ2) is 7.28. The Morgan fingerprint density at radius 2 is 1.84 bits per heavy atom. The Bertz CT molecular complexity index is 280. The molecule has 19 heavy (non-hydrogen) atoms. The van der Waals surface area contributed by atoms with Crippen LogP contribution >= 0.6 is 0 Å². The van der Waals surface area contributed by atoms with Crippen molar-refractivity contribution in [2.75, 3.05) is 19.6 Å². The van der Waals surface area contributed by atoms with Gasteiger partial charge in [-0.25, -0.2) is 0 Å². The molecule has 3 heteroatoms. The lowest BCUT2D eigenvalue weighted by Crippen LogP contribution is -2.59. The summed E-state index contributed by atoms with van der Waals surface area (Å²) in [6.07, 6.45) is 8.85. The molecule has 0 spiro atoms. The fraction of sp³-hybridized carbons (Fsp3) is 0.938. The van der Waals surface area contributed by atoms with Crippen LogP contribution in [0.2, 0.25) is 0 Å². The summed E-state index contributed by atoms with van der Waals surface area (Å²) in [7, 11) is 0. The average Bonchev–Trinajstić information content (AvgIpc) is 2.40. The van der Waals surface area contributed by atoms with E-state index in [0.29, 0.717) is 17.9 Å². The van der Waals surface area contributed by atoms with Gasteiger partial charge in [-0.2, -0.15) is 0 Å². The first kappa shape index (κ1) is 14.8. The van der Waals surface area contributed by atoms with Gasteiger partial charge in [-0.1, -0.05) is 26.2 Å². The lowest BCUT2D eigenvalue weighted by atomic mass is 9.79. The van der Waals surface area contributed by atoms with Crippen LogP contribution in [0, 0.1) is 11.8 Å². The van der Waals surface area contributed by atoms with E-state index in [1.54, 1.807) is 0 Å². The highest BCUT2D eigenvalue weighted by molar-refractivity contribution is 5.79. The van der Waals surface area contributed by atoms with Crippen LogP contribution in [0.1, 0.15) is 58.8 Å². The van der Waals surface area contributed by atoms with Gasteiger partial charge in [0.1, 0.15) is 0 Å². The van der Waals surface area contributed by atoms with Crippen molar-refractivity contribution >= 4 is 5.91 Å². The molecule has 0 aromatic carbocycles. The number of carbonyl (C=O) groups is 1. The van der Waals surface area contributed by atoms with Crippen molar-refractivity contribution in [3.63, 3.8) is 0 Å². The van der Waals surface area contributed by atoms with Crippen molar-refractivity contribution < 1.29 is 4.79 Å². The molecule has 1 aliphatic heterocycles. The number of nitrogens with zero attached hydrogens (tertiary/aromatic N) is 1. The summed E-state index contributed by atoms with van der Waals surface area (Å²) in [5.41, 5.74) is 0. The van der Waals surface area contributed by atoms with Gasteiger partial charge in [-0.15, -0.1) is 0 Å². The van der Waals surface area contributed by atoms with Gasteiger partial charge in [0.05, 0.1) is 6.04 Å². The van der Waals surface area contributed by atoms with E-state index >= 15 is 0 Å². The molecule has 1 aliphatic carbocycles. The summed E-state index contributed by atoms with van der Waals surface area (Å²) in [6.45, 7) is 7.24. The predicted octanol–water partition coefficient (Wildman–Crippen LogP) is 2.80. The molecule has 1 heterocycles. The first-order chi connectivity index (χ1) is 9.26. The van der Waals surface area contributed by atoms with Crippen molar-refractivity contribution in [3.8, 4) is 0 Å². The molecule has 1 amide bonds. The largest absolute Gasteiger partial charge is 0.337 e. The minimum Gasteiger partial charge on any atom is -0.337 e. The summed E-state index contributed by atoms with van der Waals surface area (Å²) in [4.78, 5) is 14.7. The van der Waals surface area contributed by atoms with E-state index in [1.165, 1.54) is 32.1 Å². The molecule has 1 N–H and O–H groups in total. The maximum Gasteiger partial charge on any atom is 0.226 e. The average molecular weight is 266 g/mol. The Labute approximate surface area is 118 Å². The second-order valence-corrected chi connectivity index (χ2v) is 6.30. The van der Waals surface area contributed by atoms with Gasteiger partial charge in [-0.3, -0.25) is 4.79 Å². The molecule has 0 unspecified atom stereocenters. The zero-order valence-corrected chi connectivity index (χ0v) is 12.7. The number of nitrogens with one attached hydrogen (secondary N) is 1. The van der Waals surface area contributed by atoms with Crippen LogP contribution in [0.4, 0.5) is 0 Å². The number of likely N-dealkylation sites (N-methyl/N-ethyl adjacent to an activating group) is 1. The number of carbonyl (C=O) groups excluding carboxylic acids is 1. The zero-order chi connectivity index (χ0) is 13.7. The van der Waals surface area contributed by atoms with Crippen LogP contribution in [0.5, 0.6) is 0 Å². The van der Waals surface area contributed by atoms with Crippen molar-refractivity contribution in [2.24, 2.45) is 11.8 Å². The summed E-state index contributed by atoms with van der Waals surface area (Å²) >= 11 is 0. The van der Waals surface area contributed by atoms with Crippen molar-refractivity contribution in [3.05, 3.63) is 0 Å². The second-order valence-electron chi connectivity index (χ2n) is 6.30. The molecular formula is C16H30N2O. The number of hydrogen-bond acceptors (Lipinski definition) is 2. The third kappa shape index (κ3) is 3.71. The number of rotatable bonds is 6. The van der Waals surface area contributed by atoms with Gasteiger partial charge in [0, 0.05) is 25.6 Å². The SMILES string of the molecule is CCCCC1CCC(C(=O)N(CC)C2CNC2)CC1. The van der Waals surface area contributed by atoms with Gasteiger partial charge < -0.3 is 10.2 Å². The van der Waals surface area contributed by atoms with Crippen molar-refractivity contribution in [2.45, 2.75) is 64.8 Å². The first-order valence-electron chi connectivity index (χ1n) is 8.27. The number of unbranched alkanes of at least 4 members (excludes halogenated alkanes) is 1. The summed E-state index contributed by atoms with van der Waals surface area (Å²) in [5.74, 6) is 1.64. The van der Waals surface area contributed by atoms with E-state index < -0.39 is 0 Å². The first-order valence-corrected chi connectivity index (χ1v) is 8.27. The topological polar surface area (TPSA) is 32.3 Å². The van der Waals surface area contributed by atoms with Crippen LogP contribution in [-0.2, 0) is 4.79 Å². The lowest BCUT2D eigenvalue weighted by molar-refractivity contribution is -0.140. The molecule has 0 aromatic rings. The molecule has 1 saturated carbocycles. The molecule has 1 saturated heterocycles. The summed E-state index contributed by atoms with van der Waals surface area (Å²) in [6, 6.07) is 0.468. The molecule has 2 fully saturated rings. The highest BCUT2D eigenvalue weighted by atomic mass is 16.2. The summed E-state index contributed by atoms with van der Waals surface area (Å²) < 4.78 is 0. The van der Waals surface area contributed by atoms with Crippen LogP contribution < -0.4 is 5.32 Å². The van der Waals surface area contributed by atoms with Gasteiger partial charge in [0.2, 0.25) is 5.91 Å². The molecule has 0 bridgehead atoms. The van der Waals surface area contributed by atoms with E-state index in [0.717, 1.165) is 38.4 Å². The van der Waals surface area contributed by atoms with Crippen LogP contribution in [-0.4, -0.2) is 36.5 Å². The molecule has 2 aliphatic rings. The van der Waals surface area contributed by atoms with Gasteiger partial charge in [-0.05, 0) is 38.5 Å². The van der Waals surface area contributed by atoms with E-state index in [-0.39, 0.29) is 0 Å². The molecule has 0 aromatic heterocycles. The standard InChI is InChI=1S/C16H30N2O/c1-3-5-6-13-7-9-14(10-8-13)16(19)18(4-2)15-11-17-12-15/h13-15,17H,3-12H2,1-2H3. The van der Waals surface area contributed by atoms with E-state index in [1.807, 2.05) is 0 Å². The lowest BCUT2D eigenvalue weighted by Gasteiger charge is -2.40. The smallest absolute Gasteiger partial charge is 0.226 e. The molecule has 3 nitrogen and oxygen atoms in total. The fourth-order valence-electron chi connectivity index (χ4n) is 3.51. The van der Waals surface area contributed by atoms with Gasteiger partial charge in [0.15, 0.2) is 0 Å². The highest BCUT2D eigenvalue weighted by Gasteiger charge is 2.33. The Morgan fingerprint density at radius 3 is 2.32 bits per heavy atom. The molecule has 110 valence electrons. The summed E-state index contributed by atoms with van der Waals surface area (Å²) in [5, 5.41) is 3.27. The van der Waals surface area contributed by atoms with E-state index in [2.05, 4.69) is 24.1 Å². The van der Waals surface area contributed by atoms with Gasteiger partial charge in [0.25, 0.3) is 0 Å². The highest BCUT2D eigenvalue weighted by Crippen LogP contribution is 2.33. The maximum absolute atomic E-state index is 12.6. The van der Waals surface area contributed by atoms with E-state index in [4.69, 9.17) is 0 Å². The molecule has 0 atom stereocenters. The number of hydrogen-bond donors (Lipinski definition) is 1. The predicted molar refractivity (Wildman–Crippen MR) is 79.0 cm³/mol.